The van der Waals surface area contributed by atoms with Crippen LogP contribution in [0.2, 0.25) is 0 Å². The number of carbonyl (C=O) groups is 4. The summed E-state index contributed by atoms with van der Waals surface area (Å²) >= 11 is 0. The smallest absolute Gasteiger partial charge is 0.302 e. The highest BCUT2D eigenvalue weighted by Gasteiger charge is 2.53. The van der Waals surface area contributed by atoms with Gasteiger partial charge >= 0.3 is 5.97 Å². The van der Waals surface area contributed by atoms with Gasteiger partial charge in [-0.15, -0.1) is 0 Å². The van der Waals surface area contributed by atoms with Crippen molar-refractivity contribution >= 4 is 46.0 Å². The van der Waals surface area contributed by atoms with Gasteiger partial charge in [-0.05, 0) is 120 Å². The van der Waals surface area contributed by atoms with Crippen molar-refractivity contribution in [2.45, 2.75) is 156 Å². The van der Waals surface area contributed by atoms with Crippen molar-refractivity contribution in [2.75, 3.05) is 135 Å². The summed E-state index contributed by atoms with van der Waals surface area (Å²) in [4.78, 5) is 72.9. The van der Waals surface area contributed by atoms with Crippen LogP contribution >= 0.6 is 0 Å². The second-order valence-electron chi connectivity index (χ2n) is 26.6. The molecule has 4 N–H and O–H groups in total. The van der Waals surface area contributed by atoms with Crippen molar-refractivity contribution in [2.24, 2.45) is 22.7 Å². The lowest BCUT2D eigenvalue weighted by Crippen LogP contribution is -2.73. The molecular weight excluding hydrogens is 1070 g/mol. The zero-order valence-corrected chi connectivity index (χ0v) is 51.8. The van der Waals surface area contributed by atoms with E-state index in [1.165, 1.54) is 19.8 Å². The number of aliphatic hydroxyl groups excluding tert-OH is 1. The largest absolute Gasteiger partial charge is 0.465 e. The maximum atomic E-state index is 15.2. The molecule has 10 rings (SSSR count). The minimum absolute atomic E-state index is 0.0234. The molecule has 6 aliphatic heterocycles. The number of carbonyl (C=O) groups excluding carboxylic acids is 4. The van der Waals surface area contributed by atoms with Crippen LogP contribution < -0.4 is 25.9 Å². The maximum Gasteiger partial charge on any atom is 0.302 e. The summed E-state index contributed by atoms with van der Waals surface area (Å²) in [7, 11) is 1.73. The Morgan fingerprint density at radius 2 is 1.73 bits per heavy atom. The molecule has 1 aromatic carbocycles. The molecule has 5 atom stereocenters. The molecule has 84 heavy (non-hydrogen) atoms. The van der Waals surface area contributed by atoms with Crippen LogP contribution in [0, 0.1) is 22.7 Å². The van der Waals surface area contributed by atoms with Gasteiger partial charge in [0.25, 0.3) is 5.91 Å². The van der Waals surface area contributed by atoms with Crippen LogP contribution in [0.25, 0.3) is 22.2 Å². The number of fused-ring (bicyclic) bond motifs is 1. The monoisotopic (exact) mass is 1170 g/mol. The summed E-state index contributed by atoms with van der Waals surface area (Å²) in [6.45, 7) is 26.3. The fourth-order valence-electron chi connectivity index (χ4n) is 14.1. The third kappa shape index (κ3) is 14.1. The Labute approximate surface area is 498 Å². The number of anilines is 2. The Morgan fingerprint density at radius 1 is 0.952 bits per heavy atom. The fraction of sp³-hybridized carbons (Fsp3) is 0.734. The topological polar surface area (TPSA) is 199 Å². The molecule has 8 heterocycles. The molecule has 6 saturated heterocycles. The Bertz CT molecular complexity index is 2740. The van der Waals surface area contributed by atoms with Crippen LogP contribution in [-0.4, -0.2) is 214 Å². The van der Waals surface area contributed by atoms with E-state index in [-0.39, 0.29) is 72.3 Å². The van der Waals surface area contributed by atoms with Crippen LogP contribution in [0.5, 0.6) is 0 Å². The van der Waals surface area contributed by atoms with Crippen LogP contribution in [0.15, 0.2) is 30.5 Å². The standard InChI is InChI=1S/C64H99N11O9/c1-9-73-54-19-18-48(32-51(54)53(34-63(6,7)40-84-45(5)77)59(73)52-33-49(35-66-57(52)44(4)81-8)71-28-26-70(27-29-71)47-16-17-47)69(30-31-76)25-20-55(72-38-64(39-72)41-83-42-64)58(62(80)75-24-11-10-22-67-75)68-60(78)56(43(2)3)65-21-12-14-46-15-13-23-74(61(46)79)50-36-82-37-50/h18-19,32-33,35,43-44,46-47,50,55-56,58,65,67,76H,9-17,20-31,34,36-42H2,1-8H3,(H,68,78). The quantitative estimate of drug-likeness (QED) is 0.0534. The Kier molecular flexibility index (Phi) is 20.3. The van der Waals surface area contributed by atoms with E-state index in [1.807, 2.05) is 24.9 Å². The third-order valence-corrected chi connectivity index (χ3v) is 19.2. The van der Waals surface area contributed by atoms with E-state index in [9.17, 15) is 19.5 Å². The van der Waals surface area contributed by atoms with Crippen LogP contribution in [-0.2, 0) is 51.1 Å². The number of aliphatic hydroxyl groups is 1. The van der Waals surface area contributed by atoms with Gasteiger partial charge in [0, 0.05) is 144 Å². The number of pyridine rings is 1. The number of nitrogens with zero attached hydrogens (tertiary/aromatic N) is 8. The van der Waals surface area contributed by atoms with Gasteiger partial charge in [-0.2, -0.15) is 0 Å². The number of likely N-dealkylation sites (tertiary alicyclic amines) is 2. The first-order valence-electron chi connectivity index (χ1n) is 32.0. The van der Waals surface area contributed by atoms with Gasteiger partial charge in [-0.3, -0.25) is 39.0 Å². The van der Waals surface area contributed by atoms with Crippen molar-refractivity contribution in [3.63, 3.8) is 0 Å². The van der Waals surface area contributed by atoms with Crippen LogP contribution in [0.3, 0.4) is 0 Å². The van der Waals surface area contributed by atoms with Crippen molar-refractivity contribution in [1.29, 1.82) is 0 Å². The number of benzene rings is 1. The Hall–Kier alpha value is -4.93. The summed E-state index contributed by atoms with van der Waals surface area (Å²) < 4.78 is 25.4. The first-order chi connectivity index (χ1) is 40.5. The lowest BCUT2D eigenvalue weighted by atomic mass is 9.76. The zero-order chi connectivity index (χ0) is 59.3. The summed E-state index contributed by atoms with van der Waals surface area (Å²) in [5, 5.41) is 20.7. The van der Waals surface area contributed by atoms with Gasteiger partial charge in [-0.25, -0.2) is 5.43 Å². The summed E-state index contributed by atoms with van der Waals surface area (Å²) in [6.07, 6.45) is 10.6. The molecule has 2 aromatic heterocycles. The van der Waals surface area contributed by atoms with E-state index in [1.54, 1.807) is 12.1 Å². The molecule has 7 fully saturated rings. The Morgan fingerprint density at radius 3 is 2.36 bits per heavy atom. The molecular formula is C64H99N11O9. The predicted molar refractivity (Wildman–Crippen MR) is 326 cm³/mol. The number of amides is 3. The first kappa shape index (κ1) is 62.1. The van der Waals surface area contributed by atoms with E-state index in [0.717, 1.165) is 135 Å². The summed E-state index contributed by atoms with van der Waals surface area (Å²) in [6, 6.07) is 8.04. The molecule has 5 unspecified atom stereocenters. The number of hydrazine groups is 1. The molecule has 7 aliphatic rings. The average molecular weight is 1170 g/mol. The molecule has 464 valence electrons. The van der Waals surface area contributed by atoms with Crippen LogP contribution in [0.1, 0.15) is 124 Å². The van der Waals surface area contributed by atoms with Gasteiger partial charge in [0.15, 0.2) is 0 Å². The zero-order valence-electron chi connectivity index (χ0n) is 51.8. The number of aryl methyl sites for hydroxylation is 1. The average Bonchev–Trinajstić information content (AvgIpc) is 1.61. The van der Waals surface area contributed by atoms with E-state index >= 15 is 4.79 Å². The lowest BCUT2D eigenvalue weighted by Gasteiger charge is -2.58. The maximum absolute atomic E-state index is 15.2. The van der Waals surface area contributed by atoms with Crippen molar-refractivity contribution in [3.8, 4) is 11.3 Å². The normalized spacial score (nSPS) is 22.1. The highest BCUT2D eigenvalue weighted by Crippen LogP contribution is 2.44. The SMILES string of the molecule is CCn1c(-c2cc(N3CCN(C4CC4)CC3)cnc2C(C)OC)c(CC(C)(C)COC(C)=O)c2cc(N(CCO)CCC(C(NC(=O)C(NCCCC3CCCN(C4COC4)C3=O)C(C)C)C(=O)N3CCCCN3)N3CC4(COC4)C3)ccc21. The molecule has 20 nitrogen and oxygen atoms in total. The molecule has 1 aliphatic carbocycles. The lowest BCUT2D eigenvalue weighted by molar-refractivity contribution is -0.202. The number of esters is 1. The van der Waals surface area contributed by atoms with Crippen molar-refractivity contribution in [3.05, 3.63) is 41.7 Å². The molecule has 1 spiro atoms. The minimum atomic E-state index is -0.869. The highest BCUT2D eigenvalue weighted by atomic mass is 16.5. The first-order valence-corrected chi connectivity index (χ1v) is 32.0. The molecule has 0 bridgehead atoms. The van der Waals surface area contributed by atoms with Crippen molar-refractivity contribution in [1.82, 2.24) is 45.3 Å². The second-order valence-corrected chi connectivity index (χ2v) is 26.6. The number of hydrogen-bond acceptors (Lipinski definition) is 16. The number of hydrogen-bond donors (Lipinski definition) is 4. The van der Waals surface area contributed by atoms with Gasteiger partial charge < -0.3 is 54.0 Å². The number of rotatable bonds is 28. The number of ether oxygens (including phenoxy) is 4. The molecule has 3 amide bonds. The number of piperidine rings is 1. The summed E-state index contributed by atoms with van der Waals surface area (Å²) in [5.74, 6) is -0.547. The molecule has 20 heteroatoms. The van der Waals surface area contributed by atoms with E-state index in [0.29, 0.717) is 78.5 Å². The van der Waals surface area contributed by atoms with Gasteiger partial charge in [0.1, 0.15) is 6.04 Å². The Balaban J connectivity index is 0.955. The summed E-state index contributed by atoms with van der Waals surface area (Å²) in [5.41, 5.74) is 10.1. The van der Waals surface area contributed by atoms with Gasteiger partial charge in [0.2, 0.25) is 11.8 Å². The number of nitrogens with one attached hydrogen (secondary N) is 3. The van der Waals surface area contributed by atoms with Gasteiger partial charge in [0.05, 0.1) is 81.1 Å². The number of piperazine rings is 1. The van der Waals surface area contributed by atoms with E-state index in [4.69, 9.17) is 23.9 Å². The van der Waals surface area contributed by atoms with Gasteiger partial charge in [-0.1, -0.05) is 27.7 Å². The van der Waals surface area contributed by atoms with Crippen LogP contribution in [0.4, 0.5) is 11.4 Å². The predicted octanol–water partition coefficient (Wildman–Crippen LogP) is 5.38. The van der Waals surface area contributed by atoms with Crippen molar-refractivity contribution < 1.29 is 43.2 Å². The van der Waals surface area contributed by atoms with E-state index < -0.39 is 17.5 Å². The highest BCUT2D eigenvalue weighted by molar-refractivity contribution is 5.95. The third-order valence-electron chi connectivity index (χ3n) is 19.2. The fourth-order valence-corrected chi connectivity index (χ4v) is 14.1. The number of methoxy groups -OCH3 is 1. The molecule has 0 radical (unpaired) electrons. The second kappa shape index (κ2) is 27.4. The molecule has 3 aromatic rings. The number of aromatic nitrogens is 2. The van der Waals surface area contributed by atoms with E-state index in [2.05, 4.69) is 92.2 Å². The molecule has 1 saturated carbocycles. The minimum Gasteiger partial charge on any atom is -0.465 e.